The second-order valence-electron chi connectivity index (χ2n) is 6.31. The Balaban J connectivity index is 1.54. The molecular weight excluding hydrogens is 334 g/mol. The minimum absolute atomic E-state index is 0.0273. The van der Waals surface area contributed by atoms with Crippen LogP contribution in [0.1, 0.15) is 29.9 Å². The molecule has 0 saturated carbocycles. The molecule has 1 amide bonds. The molecule has 8 nitrogen and oxygen atoms in total. The largest absolute Gasteiger partial charge is 0.497 e. The highest BCUT2D eigenvalue weighted by Gasteiger charge is 2.19. The quantitative estimate of drug-likeness (QED) is 0.740. The van der Waals surface area contributed by atoms with Crippen LogP contribution in [0.5, 0.6) is 5.75 Å². The zero-order chi connectivity index (χ0) is 18.1. The molecule has 0 unspecified atom stereocenters. The van der Waals surface area contributed by atoms with Gasteiger partial charge in [-0.1, -0.05) is 0 Å². The minimum Gasteiger partial charge on any atom is -0.497 e. The first-order valence-corrected chi connectivity index (χ1v) is 8.57. The zero-order valence-electron chi connectivity index (χ0n) is 14.4. The van der Waals surface area contributed by atoms with Crippen LogP contribution in [-0.4, -0.2) is 32.6 Å². The molecule has 0 saturated heterocycles. The van der Waals surface area contributed by atoms with E-state index in [1.165, 1.54) is 4.52 Å². The predicted molar refractivity (Wildman–Crippen MR) is 95.6 cm³/mol. The second kappa shape index (κ2) is 6.62. The Morgan fingerprint density at radius 1 is 1.23 bits per heavy atom. The summed E-state index contributed by atoms with van der Waals surface area (Å²) in [7, 11) is 1.59. The summed E-state index contributed by atoms with van der Waals surface area (Å²) in [6.45, 7) is 0. The Labute approximate surface area is 149 Å². The lowest BCUT2D eigenvalue weighted by Gasteiger charge is -2.12. The Bertz CT molecular complexity index is 1020. The normalized spacial score (nSPS) is 13.4. The van der Waals surface area contributed by atoms with E-state index in [0.29, 0.717) is 17.3 Å². The fraction of sp³-hybridized carbons (Fsp3) is 0.333. The summed E-state index contributed by atoms with van der Waals surface area (Å²) in [4.78, 5) is 33.6. The number of carbonyl (C=O) groups excluding carboxylic acids is 1. The summed E-state index contributed by atoms with van der Waals surface area (Å²) < 4.78 is 6.42. The molecule has 0 spiro atoms. The number of amides is 1. The van der Waals surface area contributed by atoms with Crippen LogP contribution in [0.25, 0.3) is 5.78 Å². The lowest BCUT2D eigenvalue weighted by molar-refractivity contribution is -0.115. The molecule has 134 valence electrons. The molecular formula is C18H19N5O3. The maximum absolute atomic E-state index is 12.6. The summed E-state index contributed by atoms with van der Waals surface area (Å²) in [6, 6.07) is 7.06. The molecule has 0 atom stereocenters. The number of benzene rings is 1. The van der Waals surface area contributed by atoms with Gasteiger partial charge >= 0.3 is 0 Å². The number of ether oxygens (including phenoxy) is 1. The number of hydrogen-bond acceptors (Lipinski definition) is 5. The molecule has 4 rings (SSSR count). The molecule has 1 aliphatic carbocycles. The molecule has 26 heavy (non-hydrogen) atoms. The second-order valence-corrected chi connectivity index (χ2v) is 6.31. The van der Waals surface area contributed by atoms with E-state index >= 15 is 0 Å². The maximum Gasteiger partial charge on any atom is 0.277 e. The van der Waals surface area contributed by atoms with Crippen molar-refractivity contribution in [3.8, 4) is 5.75 Å². The number of nitrogens with one attached hydrogen (secondary N) is 2. The average molecular weight is 353 g/mol. The van der Waals surface area contributed by atoms with Crippen molar-refractivity contribution in [2.45, 2.75) is 32.1 Å². The zero-order valence-corrected chi connectivity index (χ0v) is 14.4. The molecule has 0 fully saturated rings. The number of H-pyrrole nitrogens is 1. The topological polar surface area (TPSA) is 101 Å². The Hall–Kier alpha value is -3.16. The van der Waals surface area contributed by atoms with Crippen molar-refractivity contribution in [3.05, 3.63) is 51.7 Å². The Morgan fingerprint density at radius 2 is 2.00 bits per heavy atom. The first-order valence-electron chi connectivity index (χ1n) is 8.57. The van der Waals surface area contributed by atoms with Crippen LogP contribution in [0.2, 0.25) is 0 Å². The van der Waals surface area contributed by atoms with Gasteiger partial charge in [-0.05, 0) is 49.9 Å². The van der Waals surface area contributed by atoms with Gasteiger partial charge in [0.05, 0.1) is 19.2 Å². The molecule has 2 N–H and O–H groups in total. The van der Waals surface area contributed by atoms with Crippen molar-refractivity contribution >= 4 is 17.4 Å². The van der Waals surface area contributed by atoms with Crippen LogP contribution >= 0.6 is 0 Å². The fourth-order valence-electron chi connectivity index (χ4n) is 3.20. The first-order chi connectivity index (χ1) is 12.6. The van der Waals surface area contributed by atoms with E-state index in [1.807, 2.05) is 0 Å². The molecule has 0 aliphatic heterocycles. The monoisotopic (exact) mass is 353 g/mol. The fourth-order valence-corrected chi connectivity index (χ4v) is 3.20. The van der Waals surface area contributed by atoms with Crippen LogP contribution in [0.4, 0.5) is 5.69 Å². The van der Waals surface area contributed by atoms with Crippen molar-refractivity contribution in [2.24, 2.45) is 0 Å². The molecule has 2 aromatic heterocycles. The number of aromatic nitrogens is 4. The predicted octanol–water partition coefficient (Wildman–Crippen LogP) is 1.49. The van der Waals surface area contributed by atoms with Gasteiger partial charge < -0.3 is 10.1 Å². The molecule has 8 heteroatoms. The van der Waals surface area contributed by atoms with E-state index in [4.69, 9.17) is 4.74 Å². The van der Waals surface area contributed by atoms with Crippen LogP contribution in [-0.2, 0) is 24.1 Å². The van der Waals surface area contributed by atoms with Gasteiger partial charge in [0.1, 0.15) is 11.6 Å². The van der Waals surface area contributed by atoms with Crippen LogP contribution in [0.3, 0.4) is 0 Å². The minimum atomic E-state index is -0.230. The number of anilines is 1. The number of nitrogens with zero attached hydrogens (tertiary/aromatic N) is 3. The van der Waals surface area contributed by atoms with Gasteiger partial charge in [-0.2, -0.15) is 9.50 Å². The highest BCUT2D eigenvalue weighted by molar-refractivity contribution is 5.91. The number of carbonyl (C=O) groups is 1. The maximum atomic E-state index is 12.6. The molecule has 3 aromatic rings. The van der Waals surface area contributed by atoms with Crippen molar-refractivity contribution in [1.29, 1.82) is 0 Å². The van der Waals surface area contributed by atoms with Gasteiger partial charge in [-0.3, -0.25) is 14.7 Å². The molecule has 1 aliphatic rings. The van der Waals surface area contributed by atoms with E-state index in [1.54, 1.807) is 31.4 Å². The number of fused-ring (bicyclic) bond motifs is 2. The average Bonchev–Trinajstić information content (AvgIpc) is 3.05. The van der Waals surface area contributed by atoms with E-state index in [0.717, 1.165) is 42.7 Å². The van der Waals surface area contributed by atoms with Gasteiger partial charge in [0, 0.05) is 11.3 Å². The first kappa shape index (κ1) is 16.3. The van der Waals surface area contributed by atoms with Gasteiger partial charge in [0.25, 0.3) is 11.3 Å². The van der Waals surface area contributed by atoms with Crippen molar-refractivity contribution in [3.63, 3.8) is 0 Å². The number of methoxy groups -OCH3 is 1. The summed E-state index contributed by atoms with van der Waals surface area (Å²) in [5, 5.41) is 5.69. The van der Waals surface area contributed by atoms with E-state index in [9.17, 15) is 9.59 Å². The molecule has 0 bridgehead atoms. The third-order valence-corrected chi connectivity index (χ3v) is 4.51. The Morgan fingerprint density at radius 3 is 2.77 bits per heavy atom. The van der Waals surface area contributed by atoms with Crippen LogP contribution < -0.4 is 15.6 Å². The molecule has 2 heterocycles. The lowest BCUT2D eigenvalue weighted by Crippen LogP contribution is -2.25. The SMILES string of the molecule is COc1ccc(NC(=O)Cc2nc3nc4c(c(=O)n3[nH]2)CCCC4)cc1. The summed E-state index contributed by atoms with van der Waals surface area (Å²) in [6.07, 6.45) is 3.62. The Kier molecular flexibility index (Phi) is 4.16. The van der Waals surface area contributed by atoms with Gasteiger partial charge in [-0.25, -0.2) is 4.98 Å². The molecule has 0 radical (unpaired) electrons. The van der Waals surface area contributed by atoms with Crippen molar-refractivity contribution in [1.82, 2.24) is 19.6 Å². The number of aryl methyl sites for hydroxylation is 1. The van der Waals surface area contributed by atoms with Crippen molar-refractivity contribution in [2.75, 3.05) is 12.4 Å². The van der Waals surface area contributed by atoms with Crippen LogP contribution in [0, 0.1) is 0 Å². The summed E-state index contributed by atoms with van der Waals surface area (Å²) >= 11 is 0. The van der Waals surface area contributed by atoms with Gasteiger partial charge in [-0.15, -0.1) is 0 Å². The summed E-state index contributed by atoms with van der Waals surface area (Å²) in [5.41, 5.74) is 2.14. The van der Waals surface area contributed by atoms with E-state index in [-0.39, 0.29) is 17.9 Å². The van der Waals surface area contributed by atoms with Gasteiger partial charge in [0.2, 0.25) is 5.91 Å². The van der Waals surface area contributed by atoms with E-state index in [2.05, 4.69) is 20.4 Å². The standard InChI is InChI=1S/C18H19N5O3/c1-26-12-8-6-11(7-9-12)19-16(24)10-15-21-18-20-14-5-3-2-4-13(14)17(25)23(18)22-15/h6-9H,2-5,10H2,1H3,(H,19,24)(H,20,21,22). The van der Waals surface area contributed by atoms with Crippen molar-refractivity contribution < 1.29 is 9.53 Å². The lowest BCUT2D eigenvalue weighted by atomic mass is 9.97. The van der Waals surface area contributed by atoms with E-state index < -0.39 is 0 Å². The third kappa shape index (κ3) is 3.05. The number of aromatic amines is 1. The van der Waals surface area contributed by atoms with Crippen LogP contribution in [0.15, 0.2) is 29.1 Å². The smallest absolute Gasteiger partial charge is 0.277 e. The highest BCUT2D eigenvalue weighted by atomic mass is 16.5. The molecule has 1 aromatic carbocycles. The summed E-state index contributed by atoms with van der Waals surface area (Å²) in [5.74, 6) is 1.22. The highest BCUT2D eigenvalue weighted by Crippen LogP contribution is 2.17. The third-order valence-electron chi connectivity index (χ3n) is 4.51. The number of rotatable bonds is 4. The number of hydrogen-bond donors (Lipinski definition) is 2. The van der Waals surface area contributed by atoms with Gasteiger partial charge in [0.15, 0.2) is 0 Å².